The molecule has 0 aliphatic heterocycles. The SMILES string of the molecule is Cc1cc(NS(C)(=O)=O)cc(C)c1Br. The fourth-order valence-corrected chi connectivity index (χ4v) is 1.99. The number of rotatable bonds is 2. The zero-order valence-corrected chi connectivity index (χ0v) is 10.7. The molecule has 0 aliphatic carbocycles. The zero-order chi connectivity index (χ0) is 10.9. The minimum absolute atomic E-state index is 0.603. The Morgan fingerprint density at radius 3 is 2.00 bits per heavy atom. The van der Waals surface area contributed by atoms with Gasteiger partial charge in [0, 0.05) is 10.2 Å². The molecule has 0 spiro atoms. The number of sulfonamides is 1. The lowest BCUT2D eigenvalue weighted by Gasteiger charge is -2.08. The maximum Gasteiger partial charge on any atom is 0.229 e. The molecular weight excluding hydrogens is 266 g/mol. The number of halogens is 1. The largest absolute Gasteiger partial charge is 0.284 e. The number of hydrogen-bond acceptors (Lipinski definition) is 2. The maximum absolute atomic E-state index is 11.0. The van der Waals surface area contributed by atoms with E-state index in [9.17, 15) is 8.42 Å². The molecule has 0 saturated heterocycles. The van der Waals surface area contributed by atoms with Crippen LogP contribution >= 0.6 is 15.9 Å². The molecular formula is C9H12BrNO2S. The number of nitrogens with one attached hydrogen (secondary N) is 1. The number of hydrogen-bond donors (Lipinski definition) is 1. The smallest absolute Gasteiger partial charge is 0.229 e. The average molecular weight is 278 g/mol. The topological polar surface area (TPSA) is 46.2 Å². The predicted molar refractivity (Wildman–Crippen MR) is 62.1 cm³/mol. The van der Waals surface area contributed by atoms with Gasteiger partial charge in [0.15, 0.2) is 0 Å². The summed E-state index contributed by atoms with van der Waals surface area (Å²) in [6, 6.07) is 3.58. The maximum atomic E-state index is 11.0. The fraction of sp³-hybridized carbons (Fsp3) is 0.333. The summed E-state index contributed by atoms with van der Waals surface area (Å²) in [6.45, 7) is 3.84. The Morgan fingerprint density at radius 1 is 1.21 bits per heavy atom. The first-order valence-corrected chi connectivity index (χ1v) is 6.72. The molecule has 0 radical (unpaired) electrons. The Kier molecular flexibility index (Phi) is 3.21. The molecule has 3 nitrogen and oxygen atoms in total. The lowest BCUT2D eigenvalue weighted by Crippen LogP contribution is -2.09. The summed E-state index contributed by atoms with van der Waals surface area (Å²) in [6.07, 6.45) is 1.14. The zero-order valence-electron chi connectivity index (χ0n) is 8.26. The molecule has 0 heterocycles. The highest BCUT2D eigenvalue weighted by Crippen LogP contribution is 2.25. The van der Waals surface area contributed by atoms with Gasteiger partial charge in [0.2, 0.25) is 10.0 Å². The Bertz CT molecular complexity index is 431. The highest BCUT2D eigenvalue weighted by molar-refractivity contribution is 9.10. The van der Waals surface area contributed by atoms with Crippen molar-refractivity contribution in [3.63, 3.8) is 0 Å². The fourth-order valence-electron chi connectivity index (χ4n) is 1.22. The molecule has 0 bridgehead atoms. The van der Waals surface area contributed by atoms with Crippen LogP contribution in [0.2, 0.25) is 0 Å². The van der Waals surface area contributed by atoms with Crippen LogP contribution in [0.4, 0.5) is 5.69 Å². The van der Waals surface area contributed by atoms with Gasteiger partial charge in [-0.3, -0.25) is 4.72 Å². The van der Waals surface area contributed by atoms with E-state index in [0.29, 0.717) is 5.69 Å². The van der Waals surface area contributed by atoms with E-state index in [4.69, 9.17) is 0 Å². The Labute approximate surface area is 92.7 Å². The molecule has 1 N–H and O–H groups in total. The third-order valence-corrected chi connectivity index (χ3v) is 3.60. The van der Waals surface area contributed by atoms with E-state index in [-0.39, 0.29) is 0 Å². The van der Waals surface area contributed by atoms with Gasteiger partial charge < -0.3 is 0 Å². The molecule has 1 aromatic carbocycles. The van der Waals surface area contributed by atoms with Crippen molar-refractivity contribution in [1.29, 1.82) is 0 Å². The molecule has 0 amide bonds. The van der Waals surface area contributed by atoms with Crippen LogP contribution in [0.15, 0.2) is 16.6 Å². The van der Waals surface area contributed by atoms with Gasteiger partial charge in [-0.1, -0.05) is 15.9 Å². The number of aryl methyl sites for hydroxylation is 2. The normalized spacial score (nSPS) is 11.4. The van der Waals surface area contributed by atoms with Crippen LogP contribution in [0.1, 0.15) is 11.1 Å². The van der Waals surface area contributed by atoms with E-state index in [2.05, 4.69) is 20.7 Å². The summed E-state index contributed by atoms with van der Waals surface area (Å²) in [5, 5.41) is 0. The number of benzene rings is 1. The molecule has 0 unspecified atom stereocenters. The van der Waals surface area contributed by atoms with Crippen molar-refractivity contribution in [2.45, 2.75) is 13.8 Å². The quantitative estimate of drug-likeness (QED) is 0.903. The van der Waals surface area contributed by atoms with Crippen LogP contribution in [-0.4, -0.2) is 14.7 Å². The van der Waals surface area contributed by atoms with E-state index >= 15 is 0 Å². The van der Waals surface area contributed by atoms with E-state index < -0.39 is 10.0 Å². The molecule has 14 heavy (non-hydrogen) atoms. The van der Waals surface area contributed by atoms with E-state index in [1.807, 2.05) is 13.8 Å². The molecule has 0 saturated carbocycles. The summed E-state index contributed by atoms with van der Waals surface area (Å²) in [5.41, 5.74) is 2.62. The molecule has 78 valence electrons. The van der Waals surface area contributed by atoms with Gasteiger partial charge in [0.1, 0.15) is 0 Å². The Hall–Kier alpha value is -0.550. The second-order valence-corrected chi connectivity index (χ2v) is 5.84. The molecule has 0 aromatic heterocycles. The molecule has 0 aliphatic rings. The first kappa shape index (κ1) is 11.5. The van der Waals surface area contributed by atoms with Gasteiger partial charge in [0.25, 0.3) is 0 Å². The third-order valence-electron chi connectivity index (χ3n) is 1.74. The van der Waals surface area contributed by atoms with Crippen LogP contribution in [0.5, 0.6) is 0 Å². The lowest BCUT2D eigenvalue weighted by atomic mass is 10.1. The minimum atomic E-state index is -3.19. The van der Waals surface area contributed by atoms with Gasteiger partial charge in [-0.15, -0.1) is 0 Å². The highest BCUT2D eigenvalue weighted by atomic mass is 79.9. The first-order chi connectivity index (χ1) is 6.29. The van der Waals surface area contributed by atoms with Crippen molar-refractivity contribution >= 4 is 31.6 Å². The van der Waals surface area contributed by atoms with Gasteiger partial charge in [0.05, 0.1) is 6.26 Å². The van der Waals surface area contributed by atoms with E-state index in [0.717, 1.165) is 21.9 Å². The molecule has 5 heteroatoms. The molecule has 1 aromatic rings. The third kappa shape index (κ3) is 2.99. The van der Waals surface area contributed by atoms with Gasteiger partial charge >= 0.3 is 0 Å². The van der Waals surface area contributed by atoms with Crippen molar-refractivity contribution < 1.29 is 8.42 Å². The minimum Gasteiger partial charge on any atom is -0.284 e. The molecule has 0 atom stereocenters. The van der Waals surface area contributed by atoms with Crippen LogP contribution in [-0.2, 0) is 10.0 Å². The molecule has 0 fully saturated rings. The summed E-state index contributed by atoms with van der Waals surface area (Å²) in [5.74, 6) is 0. The Balaban J connectivity index is 3.14. The Morgan fingerprint density at radius 2 is 1.64 bits per heavy atom. The predicted octanol–water partition coefficient (Wildman–Crippen LogP) is 2.44. The summed E-state index contributed by atoms with van der Waals surface area (Å²) < 4.78 is 25.4. The first-order valence-electron chi connectivity index (χ1n) is 4.04. The summed E-state index contributed by atoms with van der Waals surface area (Å²) in [4.78, 5) is 0. The average Bonchev–Trinajstić information content (AvgIpc) is 1.96. The van der Waals surface area contributed by atoms with Crippen molar-refractivity contribution in [2.75, 3.05) is 11.0 Å². The van der Waals surface area contributed by atoms with Crippen molar-refractivity contribution in [2.24, 2.45) is 0 Å². The molecule has 1 rings (SSSR count). The standard InChI is InChI=1S/C9H12BrNO2S/c1-6-4-8(11-14(3,12)13)5-7(2)9(6)10/h4-5,11H,1-3H3. The second kappa shape index (κ2) is 3.90. The van der Waals surface area contributed by atoms with E-state index in [1.54, 1.807) is 12.1 Å². The van der Waals surface area contributed by atoms with Crippen molar-refractivity contribution in [3.05, 3.63) is 27.7 Å². The van der Waals surface area contributed by atoms with E-state index in [1.165, 1.54) is 0 Å². The van der Waals surface area contributed by atoms with Crippen LogP contribution < -0.4 is 4.72 Å². The number of anilines is 1. The summed E-state index contributed by atoms with van der Waals surface area (Å²) >= 11 is 3.42. The van der Waals surface area contributed by atoms with Crippen LogP contribution in [0.25, 0.3) is 0 Å². The van der Waals surface area contributed by atoms with Gasteiger partial charge in [-0.25, -0.2) is 8.42 Å². The van der Waals surface area contributed by atoms with Gasteiger partial charge in [-0.05, 0) is 37.1 Å². The van der Waals surface area contributed by atoms with Crippen molar-refractivity contribution in [1.82, 2.24) is 0 Å². The van der Waals surface area contributed by atoms with Gasteiger partial charge in [-0.2, -0.15) is 0 Å². The van der Waals surface area contributed by atoms with Crippen LogP contribution in [0, 0.1) is 13.8 Å². The van der Waals surface area contributed by atoms with Crippen molar-refractivity contribution in [3.8, 4) is 0 Å². The lowest BCUT2D eigenvalue weighted by molar-refractivity contribution is 0.607. The van der Waals surface area contributed by atoms with Crippen LogP contribution in [0.3, 0.4) is 0 Å². The monoisotopic (exact) mass is 277 g/mol. The summed E-state index contributed by atoms with van der Waals surface area (Å²) in [7, 11) is -3.19. The highest BCUT2D eigenvalue weighted by Gasteiger charge is 2.05. The second-order valence-electron chi connectivity index (χ2n) is 3.30.